The summed E-state index contributed by atoms with van der Waals surface area (Å²) in [4.78, 5) is 14.4. The van der Waals surface area contributed by atoms with E-state index in [1.54, 1.807) is 35.7 Å². The van der Waals surface area contributed by atoms with Crippen molar-refractivity contribution >= 4 is 21.7 Å². The molecule has 0 atom stereocenters. The highest BCUT2D eigenvalue weighted by atomic mass is 32.2. The first kappa shape index (κ1) is 21.1. The normalized spacial score (nSPS) is 15.3. The van der Waals surface area contributed by atoms with Crippen LogP contribution in [0.15, 0.2) is 45.9 Å². The van der Waals surface area contributed by atoms with Crippen LogP contribution in [0, 0.1) is 20.8 Å². The van der Waals surface area contributed by atoms with Crippen LogP contribution in [0.25, 0.3) is 5.69 Å². The van der Waals surface area contributed by atoms with Crippen LogP contribution in [0.4, 0.5) is 10.5 Å². The Morgan fingerprint density at radius 1 is 1.10 bits per heavy atom. The molecule has 0 saturated carbocycles. The van der Waals surface area contributed by atoms with E-state index in [9.17, 15) is 13.2 Å². The lowest BCUT2D eigenvalue weighted by Gasteiger charge is -2.33. The molecule has 1 fully saturated rings. The average Bonchev–Trinajstić information content (AvgIpc) is 3.33. The topological polar surface area (TPSA) is 114 Å². The van der Waals surface area contributed by atoms with Crippen molar-refractivity contribution in [2.24, 2.45) is 0 Å². The molecule has 1 N–H and O–H groups in total. The number of piperazine rings is 1. The molecule has 1 saturated heterocycles. The van der Waals surface area contributed by atoms with Crippen LogP contribution < -0.4 is 5.32 Å². The van der Waals surface area contributed by atoms with Crippen LogP contribution in [0.1, 0.15) is 17.1 Å². The third-order valence-corrected chi connectivity index (χ3v) is 7.41. The molecule has 0 unspecified atom stereocenters. The van der Waals surface area contributed by atoms with Crippen molar-refractivity contribution in [3.8, 4) is 5.69 Å². The molecule has 0 bridgehead atoms. The number of hydrogen-bond acceptors (Lipinski definition) is 6. The largest absolute Gasteiger partial charge is 0.360 e. The fraction of sp³-hybridized carbons (Fsp3) is 0.350. The number of amides is 2. The van der Waals surface area contributed by atoms with E-state index < -0.39 is 10.0 Å². The van der Waals surface area contributed by atoms with Gasteiger partial charge in [-0.05, 0) is 45.0 Å². The smallest absolute Gasteiger partial charge is 0.321 e. The number of hydrogen-bond donors (Lipinski definition) is 1. The van der Waals surface area contributed by atoms with E-state index in [0.717, 1.165) is 11.4 Å². The Hall–Kier alpha value is -3.18. The van der Waals surface area contributed by atoms with E-state index in [-0.39, 0.29) is 42.9 Å². The first-order valence-electron chi connectivity index (χ1n) is 9.87. The van der Waals surface area contributed by atoms with Crippen molar-refractivity contribution < 1.29 is 17.7 Å². The van der Waals surface area contributed by atoms with Crippen molar-refractivity contribution in [3.05, 3.63) is 53.7 Å². The van der Waals surface area contributed by atoms with Crippen LogP contribution in [0.5, 0.6) is 0 Å². The van der Waals surface area contributed by atoms with E-state index in [0.29, 0.717) is 11.4 Å². The summed E-state index contributed by atoms with van der Waals surface area (Å²) in [7, 11) is -3.71. The standard InChI is InChI=1S/C20H24N6O4S/c1-14-7-8-21-26(14)18-6-4-5-17(13-18)22-20(27)24-9-11-25(12-10-24)31(28,29)19-15(2)23-30-16(19)3/h4-8,13H,9-12H2,1-3H3,(H,22,27). The monoisotopic (exact) mass is 444 g/mol. The number of aromatic nitrogens is 3. The molecule has 4 rings (SSSR count). The van der Waals surface area contributed by atoms with Gasteiger partial charge in [-0.15, -0.1) is 0 Å². The molecule has 11 heteroatoms. The van der Waals surface area contributed by atoms with Gasteiger partial charge < -0.3 is 14.7 Å². The van der Waals surface area contributed by atoms with Gasteiger partial charge in [-0.3, -0.25) is 0 Å². The molecule has 164 valence electrons. The van der Waals surface area contributed by atoms with Gasteiger partial charge in [0.2, 0.25) is 10.0 Å². The summed E-state index contributed by atoms with van der Waals surface area (Å²) in [6, 6.07) is 9.04. The number of carbonyl (C=O) groups excluding carboxylic acids is 1. The fourth-order valence-electron chi connectivity index (χ4n) is 3.66. The van der Waals surface area contributed by atoms with Gasteiger partial charge in [-0.1, -0.05) is 11.2 Å². The quantitative estimate of drug-likeness (QED) is 0.661. The van der Waals surface area contributed by atoms with Gasteiger partial charge in [-0.25, -0.2) is 17.9 Å². The van der Waals surface area contributed by atoms with Crippen LogP contribution in [-0.2, 0) is 10.0 Å². The zero-order chi connectivity index (χ0) is 22.2. The Labute approximate surface area is 180 Å². The molecule has 3 aromatic rings. The lowest BCUT2D eigenvalue weighted by atomic mass is 10.2. The van der Waals surface area contributed by atoms with E-state index >= 15 is 0 Å². The number of nitrogens with zero attached hydrogens (tertiary/aromatic N) is 5. The van der Waals surface area contributed by atoms with Crippen molar-refractivity contribution in [1.82, 2.24) is 24.1 Å². The lowest BCUT2D eigenvalue weighted by Crippen LogP contribution is -2.51. The van der Waals surface area contributed by atoms with Gasteiger partial charge in [0, 0.05) is 43.8 Å². The maximum absolute atomic E-state index is 12.9. The molecular formula is C20H24N6O4S. The van der Waals surface area contributed by atoms with Gasteiger partial charge in [-0.2, -0.15) is 9.40 Å². The van der Waals surface area contributed by atoms with E-state index in [1.165, 1.54) is 4.31 Å². The molecule has 0 spiro atoms. The third kappa shape index (κ3) is 4.06. The minimum atomic E-state index is -3.71. The molecule has 2 aromatic heterocycles. The van der Waals surface area contributed by atoms with Gasteiger partial charge in [0.05, 0.1) is 5.69 Å². The minimum absolute atomic E-state index is 0.108. The highest BCUT2D eigenvalue weighted by molar-refractivity contribution is 7.89. The second-order valence-electron chi connectivity index (χ2n) is 7.41. The molecule has 0 aliphatic carbocycles. The molecule has 2 amide bonds. The average molecular weight is 445 g/mol. The summed E-state index contributed by atoms with van der Waals surface area (Å²) < 4.78 is 34.0. The summed E-state index contributed by atoms with van der Waals surface area (Å²) in [5.41, 5.74) is 2.81. The zero-order valence-electron chi connectivity index (χ0n) is 17.6. The van der Waals surface area contributed by atoms with Crippen molar-refractivity contribution in [2.45, 2.75) is 25.7 Å². The number of sulfonamides is 1. The van der Waals surface area contributed by atoms with Gasteiger partial charge in [0.25, 0.3) is 0 Å². The Balaban J connectivity index is 1.41. The van der Waals surface area contributed by atoms with E-state index in [1.807, 2.05) is 31.2 Å². The summed E-state index contributed by atoms with van der Waals surface area (Å²) in [6.07, 6.45) is 1.72. The second kappa shape index (κ2) is 8.16. The lowest BCUT2D eigenvalue weighted by molar-refractivity contribution is 0.184. The van der Waals surface area contributed by atoms with Gasteiger partial charge >= 0.3 is 6.03 Å². The van der Waals surface area contributed by atoms with Crippen LogP contribution >= 0.6 is 0 Å². The maximum atomic E-state index is 12.9. The number of rotatable bonds is 4. The van der Waals surface area contributed by atoms with Crippen LogP contribution in [-0.4, -0.2) is 64.8 Å². The molecule has 3 heterocycles. The molecule has 31 heavy (non-hydrogen) atoms. The van der Waals surface area contributed by atoms with Gasteiger partial charge in [0.1, 0.15) is 10.6 Å². The number of carbonyl (C=O) groups is 1. The minimum Gasteiger partial charge on any atom is -0.360 e. The van der Waals surface area contributed by atoms with Crippen molar-refractivity contribution in [3.63, 3.8) is 0 Å². The first-order valence-corrected chi connectivity index (χ1v) is 11.3. The van der Waals surface area contributed by atoms with Crippen molar-refractivity contribution in [2.75, 3.05) is 31.5 Å². The highest BCUT2D eigenvalue weighted by Gasteiger charge is 2.34. The molecule has 1 aliphatic heterocycles. The predicted molar refractivity (Wildman–Crippen MR) is 114 cm³/mol. The number of benzene rings is 1. The summed E-state index contributed by atoms with van der Waals surface area (Å²) in [6.45, 7) is 6.10. The van der Waals surface area contributed by atoms with Crippen molar-refractivity contribution in [1.29, 1.82) is 0 Å². The Kier molecular flexibility index (Phi) is 5.54. The SMILES string of the molecule is Cc1noc(C)c1S(=O)(=O)N1CCN(C(=O)Nc2cccc(-n3nccc3C)c2)CC1. The summed E-state index contributed by atoms with van der Waals surface area (Å²) >= 11 is 0. The molecule has 0 radical (unpaired) electrons. The fourth-order valence-corrected chi connectivity index (χ4v) is 5.37. The number of anilines is 1. The van der Waals surface area contributed by atoms with E-state index in [2.05, 4.69) is 15.6 Å². The Morgan fingerprint density at radius 3 is 2.45 bits per heavy atom. The molecule has 1 aliphatic rings. The second-order valence-corrected chi connectivity index (χ2v) is 9.28. The van der Waals surface area contributed by atoms with Crippen LogP contribution in [0.2, 0.25) is 0 Å². The highest BCUT2D eigenvalue weighted by Crippen LogP contribution is 2.24. The number of urea groups is 1. The van der Waals surface area contributed by atoms with Gasteiger partial charge in [0.15, 0.2) is 5.76 Å². The number of aryl methyl sites for hydroxylation is 3. The zero-order valence-corrected chi connectivity index (χ0v) is 18.4. The first-order chi connectivity index (χ1) is 14.8. The maximum Gasteiger partial charge on any atom is 0.321 e. The summed E-state index contributed by atoms with van der Waals surface area (Å²) in [5.74, 6) is 0.268. The molecule has 1 aromatic carbocycles. The predicted octanol–water partition coefficient (Wildman–Crippen LogP) is 2.32. The Morgan fingerprint density at radius 2 is 1.84 bits per heavy atom. The molecule has 10 nitrogen and oxygen atoms in total. The van der Waals surface area contributed by atoms with E-state index in [4.69, 9.17) is 4.52 Å². The van der Waals surface area contributed by atoms with Crippen LogP contribution in [0.3, 0.4) is 0 Å². The summed E-state index contributed by atoms with van der Waals surface area (Å²) in [5, 5.41) is 10.9. The molecular weight excluding hydrogens is 420 g/mol. The number of nitrogens with one attached hydrogen (secondary N) is 1. The Bertz CT molecular complexity index is 1190. The third-order valence-electron chi connectivity index (χ3n) is 5.27.